The third kappa shape index (κ3) is 4.98. The van der Waals surface area contributed by atoms with Gasteiger partial charge in [0.25, 0.3) is 0 Å². The molecule has 0 bridgehead atoms. The minimum Gasteiger partial charge on any atom is -0.457 e. The molecule has 0 radical (unpaired) electrons. The predicted octanol–water partition coefficient (Wildman–Crippen LogP) is 3.67. The first kappa shape index (κ1) is 22.9. The largest absolute Gasteiger partial charge is 0.457 e. The van der Waals surface area contributed by atoms with Crippen molar-refractivity contribution in [2.24, 2.45) is 0 Å². The Hall–Kier alpha value is -4.84. The number of nitrogens with one attached hydrogen (secondary N) is 2. The maximum absolute atomic E-state index is 13.4. The van der Waals surface area contributed by atoms with E-state index in [2.05, 4.69) is 21.7 Å². The Morgan fingerprint density at radius 3 is 2.72 bits per heavy atom. The lowest BCUT2D eigenvalue weighted by Crippen LogP contribution is -2.46. The van der Waals surface area contributed by atoms with E-state index in [0.29, 0.717) is 52.3 Å². The van der Waals surface area contributed by atoms with E-state index < -0.39 is 18.0 Å². The zero-order valence-corrected chi connectivity index (χ0v) is 19.2. The molecule has 9 nitrogen and oxygen atoms in total. The highest BCUT2D eigenvalue weighted by molar-refractivity contribution is 5.95. The van der Waals surface area contributed by atoms with Crippen LogP contribution in [0, 0.1) is 11.3 Å². The second kappa shape index (κ2) is 10.2. The molecule has 0 fully saturated rings. The number of aryl methyl sites for hydroxylation is 1. The number of carbonyl (C=O) groups excluding carboxylic acids is 2. The number of allylic oxidation sites excluding steroid dienone is 1. The van der Waals surface area contributed by atoms with Crippen LogP contribution in [0.2, 0.25) is 0 Å². The van der Waals surface area contributed by atoms with Gasteiger partial charge in [-0.3, -0.25) is 4.98 Å². The average molecular weight is 482 g/mol. The van der Waals surface area contributed by atoms with Crippen LogP contribution in [0.15, 0.2) is 78.3 Å². The highest BCUT2D eigenvalue weighted by Gasteiger charge is 2.33. The van der Waals surface area contributed by atoms with Gasteiger partial charge in [0, 0.05) is 18.1 Å². The van der Waals surface area contributed by atoms with Crippen LogP contribution < -0.4 is 20.1 Å². The van der Waals surface area contributed by atoms with Crippen molar-refractivity contribution in [2.75, 3.05) is 6.79 Å². The fourth-order valence-corrected chi connectivity index (χ4v) is 4.19. The second-order valence-corrected chi connectivity index (χ2v) is 8.28. The van der Waals surface area contributed by atoms with Crippen molar-refractivity contribution in [3.63, 3.8) is 0 Å². The number of benzene rings is 2. The van der Waals surface area contributed by atoms with Crippen molar-refractivity contribution < 1.29 is 23.8 Å². The Bertz CT molecular complexity index is 1380. The number of nitrogens with zero attached hydrogens (tertiary/aromatic N) is 2. The zero-order chi connectivity index (χ0) is 24.9. The Balaban J connectivity index is 1.42. The fourth-order valence-electron chi connectivity index (χ4n) is 4.19. The monoisotopic (exact) mass is 482 g/mol. The summed E-state index contributed by atoms with van der Waals surface area (Å²) in [6.45, 7) is 0.177. The molecule has 0 spiro atoms. The minimum atomic E-state index is -0.702. The molecule has 5 rings (SSSR count). The minimum absolute atomic E-state index is 0.00962. The second-order valence-electron chi connectivity index (χ2n) is 8.28. The molecule has 2 N–H and O–H groups in total. The number of fused-ring (bicyclic) bond motifs is 1. The molecule has 9 heteroatoms. The van der Waals surface area contributed by atoms with Crippen LogP contribution in [-0.2, 0) is 22.6 Å². The van der Waals surface area contributed by atoms with Crippen LogP contribution in [0.3, 0.4) is 0 Å². The van der Waals surface area contributed by atoms with Crippen molar-refractivity contribution in [2.45, 2.75) is 25.5 Å². The average Bonchev–Trinajstić information content (AvgIpc) is 3.39. The van der Waals surface area contributed by atoms with Gasteiger partial charge in [0.05, 0.1) is 23.2 Å². The van der Waals surface area contributed by atoms with Crippen molar-refractivity contribution >= 4 is 12.0 Å². The van der Waals surface area contributed by atoms with E-state index in [9.17, 15) is 9.59 Å². The highest BCUT2D eigenvalue weighted by atomic mass is 16.7. The number of esters is 1. The van der Waals surface area contributed by atoms with Gasteiger partial charge in [0.2, 0.25) is 6.79 Å². The molecular formula is C27H22N4O5. The van der Waals surface area contributed by atoms with E-state index in [1.165, 1.54) is 0 Å². The molecule has 1 atom stereocenters. The van der Waals surface area contributed by atoms with Crippen LogP contribution in [0.5, 0.6) is 11.5 Å². The molecule has 180 valence electrons. The summed E-state index contributed by atoms with van der Waals surface area (Å²) in [7, 11) is 0. The highest BCUT2D eigenvalue weighted by Crippen LogP contribution is 2.34. The SMILES string of the molecule is N#Cc1cccc(COC(=O)C2=C(CCc3ccc4c(c3)OCO4)NC(=O)NC2c2ccncc2)c1. The van der Waals surface area contributed by atoms with E-state index in [-0.39, 0.29) is 13.4 Å². The summed E-state index contributed by atoms with van der Waals surface area (Å²) in [6, 6.07) is 17.0. The van der Waals surface area contributed by atoms with E-state index in [4.69, 9.17) is 19.5 Å². The van der Waals surface area contributed by atoms with E-state index >= 15 is 0 Å². The van der Waals surface area contributed by atoms with Crippen molar-refractivity contribution in [3.05, 3.63) is 101 Å². The number of aromatic nitrogens is 1. The lowest BCUT2D eigenvalue weighted by Gasteiger charge is -2.29. The number of hydrogen-bond acceptors (Lipinski definition) is 7. The van der Waals surface area contributed by atoms with Gasteiger partial charge in [-0.25, -0.2) is 9.59 Å². The Labute approximate surface area is 207 Å². The first-order valence-corrected chi connectivity index (χ1v) is 11.4. The number of carbonyl (C=O) groups is 2. The lowest BCUT2D eigenvalue weighted by molar-refractivity contribution is -0.140. The van der Waals surface area contributed by atoms with Gasteiger partial charge >= 0.3 is 12.0 Å². The van der Waals surface area contributed by atoms with Crippen LogP contribution in [0.4, 0.5) is 4.79 Å². The summed E-state index contributed by atoms with van der Waals surface area (Å²) in [6.07, 6.45) is 4.15. The summed E-state index contributed by atoms with van der Waals surface area (Å²) in [5.74, 6) is 0.799. The number of hydrogen-bond donors (Lipinski definition) is 2. The summed E-state index contributed by atoms with van der Waals surface area (Å²) in [4.78, 5) is 30.0. The number of rotatable bonds is 7. The maximum atomic E-state index is 13.4. The van der Waals surface area contributed by atoms with Gasteiger partial charge in [0.15, 0.2) is 11.5 Å². The molecular weight excluding hydrogens is 460 g/mol. The fraction of sp³-hybridized carbons (Fsp3) is 0.185. The van der Waals surface area contributed by atoms with E-state index in [1.54, 1.807) is 48.8 Å². The molecule has 0 saturated heterocycles. The summed E-state index contributed by atoms with van der Waals surface area (Å²) in [5, 5.41) is 14.8. The summed E-state index contributed by atoms with van der Waals surface area (Å²) in [5.41, 5.74) is 3.65. The summed E-state index contributed by atoms with van der Waals surface area (Å²) >= 11 is 0. The normalized spacial score (nSPS) is 16.1. The van der Waals surface area contributed by atoms with Crippen LogP contribution in [0.25, 0.3) is 0 Å². The lowest BCUT2D eigenvalue weighted by atomic mass is 9.93. The molecule has 2 aromatic carbocycles. The molecule has 3 aromatic rings. The van der Waals surface area contributed by atoms with Crippen LogP contribution in [0.1, 0.15) is 34.7 Å². The molecule has 1 unspecified atom stereocenters. The molecule has 0 saturated carbocycles. The molecule has 2 amide bonds. The number of ether oxygens (including phenoxy) is 3. The maximum Gasteiger partial charge on any atom is 0.338 e. The van der Waals surface area contributed by atoms with Gasteiger partial charge in [0.1, 0.15) is 6.61 Å². The molecule has 1 aromatic heterocycles. The van der Waals surface area contributed by atoms with Gasteiger partial charge in [-0.1, -0.05) is 18.2 Å². The van der Waals surface area contributed by atoms with Crippen LogP contribution >= 0.6 is 0 Å². The predicted molar refractivity (Wildman–Crippen MR) is 128 cm³/mol. The summed E-state index contributed by atoms with van der Waals surface area (Å²) < 4.78 is 16.5. The molecule has 0 aliphatic carbocycles. The van der Waals surface area contributed by atoms with Gasteiger partial charge in [-0.15, -0.1) is 0 Å². The topological polar surface area (TPSA) is 123 Å². The molecule has 3 heterocycles. The number of amides is 2. The van der Waals surface area contributed by atoms with Crippen molar-refractivity contribution in [1.82, 2.24) is 15.6 Å². The van der Waals surface area contributed by atoms with Gasteiger partial charge < -0.3 is 24.8 Å². The molecule has 36 heavy (non-hydrogen) atoms. The smallest absolute Gasteiger partial charge is 0.338 e. The third-order valence-electron chi connectivity index (χ3n) is 5.94. The van der Waals surface area contributed by atoms with E-state index in [1.807, 2.05) is 18.2 Å². The van der Waals surface area contributed by atoms with Crippen LogP contribution in [-0.4, -0.2) is 23.8 Å². The first-order valence-electron chi connectivity index (χ1n) is 11.4. The Morgan fingerprint density at radius 2 is 1.89 bits per heavy atom. The Kier molecular flexibility index (Phi) is 6.49. The number of urea groups is 1. The molecule has 2 aliphatic rings. The standard InChI is InChI=1S/C27H22N4O5/c28-14-18-2-1-3-19(12-18)15-34-26(32)24-21(6-4-17-5-7-22-23(13-17)36-16-35-22)30-27(33)31-25(24)20-8-10-29-11-9-20/h1-3,5,7-13,25H,4,6,15-16H2,(H2,30,31,33). The van der Waals surface area contributed by atoms with Gasteiger partial charge in [-0.2, -0.15) is 5.26 Å². The first-order chi connectivity index (χ1) is 17.6. The quantitative estimate of drug-likeness (QED) is 0.493. The van der Waals surface area contributed by atoms with E-state index in [0.717, 1.165) is 5.56 Å². The van der Waals surface area contributed by atoms with Crippen molar-refractivity contribution in [1.29, 1.82) is 5.26 Å². The molecule has 2 aliphatic heterocycles. The number of nitriles is 1. The number of pyridine rings is 1. The van der Waals surface area contributed by atoms with Crippen molar-refractivity contribution in [3.8, 4) is 17.6 Å². The zero-order valence-electron chi connectivity index (χ0n) is 19.2. The Morgan fingerprint density at radius 1 is 1.06 bits per heavy atom. The third-order valence-corrected chi connectivity index (χ3v) is 5.94. The van der Waals surface area contributed by atoms with Gasteiger partial charge in [-0.05, 0) is 65.9 Å².